The highest BCUT2D eigenvalue weighted by Crippen LogP contribution is 2.36. The summed E-state index contributed by atoms with van der Waals surface area (Å²) >= 11 is 1.58. The predicted molar refractivity (Wildman–Crippen MR) is 114 cm³/mol. The number of aryl methyl sites for hydroxylation is 2. The second-order valence-corrected chi connectivity index (χ2v) is 10.9. The summed E-state index contributed by atoms with van der Waals surface area (Å²) in [7, 11) is -3.20. The van der Waals surface area contributed by atoms with Crippen molar-refractivity contribution in [2.75, 3.05) is 18.8 Å². The molecular formula is C19H22N6O2S2. The smallest absolute Gasteiger partial charge is 0.213 e. The lowest BCUT2D eigenvalue weighted by molar-refractivity contribution is 0.309. The van der Waals surface area contributed by atoms with Crippen molar-refractivity contribution in [3.8, 4) is 0 Å². The molecule has 0 saturated carbocycles. The molecule has 152 valence electrons. The fourth-order valence-corrected chi connectivity index (χ4v) is 6.55. The Kier molecular flexibility index (Phi) is 4.34. The Bertz CT molecular complexity index is 1360. The van der Waals surface area contributed by atoms with Gasteiger partial charge in [0.25, 0.3) is 0 Å². The molecule has 0 bridgehead atoms. The van der Waals surface area contributed by atoms with Crippen LogP contribution >= 0.6 is 11.3 Å². The Morgan fingerprint density at radius 1 is 1.28 bits per heavy atom. The molecule has 0 unspecified atom stereocenters. The maximum Gasteiger partial charge on any atom is 0.213 e. The zero-order chi connectivity index (χ0) is 20.3. The van der Waals surface area contributed by atoms with Crippen molar-refractivity contribution in [2.45, 2.75) is 39.5 Å². The molecular weight excluding hydrogens is 408 g/mol. The van der Waals surface area contributed by atoms with Crippen molar-refractivity contribution in [3.05, 3.63) is 29.5 Å². The van der Waals surface area contributed by atoms with Crippen LogP contribution in [0.25, 0.3) is 26.1 Å². The van der Waals surface area contributed by atoms with Gasteiger partial charge in [0.05, 0.1) is 11.3 Å². The van der Waals surface area contributed by atoms with Crippen LogP contribution in [0.2, 0.25) is 0 Å². The maximum absolute atomic E-state index is 12.3. The van der Waals surface area contributed by atoms with Crippen molar-refractivity contribution in [1.82, 2.24) is 28.9 Å². The van der Waals surface area contributed by atoms with E-state index in [0.29, 0.717) is 18.9 Å². The Morgan fingerprint density at radius 3 is 2.90 bits per heavy atom. The van der Waals surface area contributed by atoms with Gasteiger partial charge in [0, 0.05) is 30.1 Å². The van der Waals surface area contributed by atoms with Gasteiger partial charge in [-0.15, -0.1) is 16.4 Å². The summed E-state index contributed by atoms with van der Waals surface area (Å²) in [6, 6.07) is 2.07. The molecule has 10 heteroatoms. The van der Waals surface area contributed by atoms with Gasteiger partial charge in [0.15, 0.2) is 11.5 Å². The monoisotopic (exact) mass is 430 g/mol. The summed E-state index contributed by atoms with van der Waals surface area (Å²) in [5, 5.41) is 5.72. The van der Waals surface area contributed by atoms with Crippen molar-refractivity contribution < 1.29 is 8.42 Å². The van der Waals surface area contributed by atoms with Crippen molar-refractivity contribution >= 4 is 47.4 Å². The first-order valence-electron chi connectivity index (χ1n) is 9.77. The molecule has 29 heavy (non-hydrogen) atoms. The lowest BCUT2D eigenvalue weighted by Crippen LogP contribution is -2.40. The molecule has 4 aromatic rings. The average molecular weight is 431 g/mol. The number of thiophene rings is 1. The topological polar surface area (TPSA) is 93.4 Å². The average Bonchev–Trinajstić information content (AvgIpc) is 3.29. The minimum absolute atomic E-state index is 0.00323. The number of piperidine rings is 1. The van der Waals surface area contributed by atoms with Gasteiger partial charge in [-0.05, 0) is 45.2 Å². The predicted octanol–water partition coefficient (Wildman–Crippen LogP) is 3.03. The van der Waals surface area contributed by atoms with Crippen LogP contribution in [-0.2, 0) is 10.0 Å². The third kappa shape index (κ3) is 3.01. The first-order chi connectivity index (χ1) is 13.9. The number of nitrogens with zero attached hydrogens (tertiary/aromatic N) is 6. The van der Waals surface area contributed by atoms with Gasteiger partial charge in [-0.25, -0.2) is 32.2 Å². The van der Waals surface area contributed by atoms with Crippen LogP contribution in [0.1, 0.15) is 42.8 Å². The first kappa shape index (κ1) is 18.8. The van der Waals surface area contributed by atoms with Crippen LogP contribution in [0.5, 0.6) is 0 Å². The van der Waals surface area contributed by atoms with E-state index in [2.05, 4.69) is 28.1 Å². The van der Waals surface area contributed by atoms with E-state index in [1.54, 1.807) is 33.4 Å². The number of hydrogen-bond donors (Lipinski definition) is 0. The van der Waals surface area contributed by atoms with E-state index in [9.17, 15) is 8.42 Å². The normalized spacial score (nSPS) is 18.9. The van der Waals surface area contributed by atoms with Crippen LogP contribution in [0.4, 0.5) is 0 Å². The van der Waals surface area contributed by atoms with Crippen LogP contribution in [-0.4, -0.2) is 56.1 Å². The molecule has 5 rings (SSSR count). The highest BCUT2D eigenvalue weighted by molar-refractivity contribution is 7.89. The number of pyridine rings is 1. The highest BCUT2D eigenvalue weighted by Gasteiger charge is 2.31. The van der Waals surface area contributed by atoms with Crippen molar-refractivity contribution in [3.63, 3.8) is 0 Å². The maximum atomic E-state index is 12.3. The van der Waals surface area contributed by atoms with Crippen molar-refractivity contribution in [2.24, 2.45) is 0 Å². The summed E-state index contributed by atoms with van der Waals surface area (Å²) in [5.41, 5.74) is 3.81. The minimum Gasteiger partial charge on any atom is -0.242 e. The Labute approximate surface area is 172 Å². The van der Waals surface area contributed by atoms with E-state index in [0.717, 1.165) is 50.2 Å². The second kappa shape index (κ2) is 6.68. The molecule has 0 amide bonds. The third-order valence-electron chi connectivity index (χ3n) is 5.62. The van der Waals surface area contributed by atoms with E-state index < -0.39 is 10.0 Å². The molecule has 1 atom stereocenters. The lowest BCUT2D eigenvalue weighted by atomic mass is 9.99. The summed E-state index contributed by atoms with van der Waals surface area (Å²) < 4.78 is 28.9. The Balaban J connectivity index is 1.62. The van der Waals surface area contributed by atoms with Gasteiger partial charge < -0.3 is 0 Å². The highest BCUT2D eigenvalue weighted by atomic mass is 32.2. The van der Waals surface area contributed by atoms with Crippen LogP contribution < -0.4 is 0 Å². The summed E-state index contributed by atoms with van der Waals surface area (Å²) in [5.74, 6) is 0.807. The number of aromatic nitrogens is 5. The standard InChI is InChI=1S/C19H22N6O2S2/c1-4-29(26,27)24-7-5-6-13(9-24)17-22-18-16-15(20-10-25(18)23-17)14-11(2)8-12(3)21-19(14)28-16/h8,10,13H,4-7,9H2,1-3H3/t13-/m1/s1. The van der Waals surface area contributed by atoms with E-state index in [1.165, 1.54) is 0 Å². The van der Waals surface area contributed by atoms with Crippen LogP contribution in [0, 0.1) is 13.8 Å². The molecule has 0 aromatic carbocycles. The summed E-state index contributed by atoms with van der Waals surface area (Å²) in [4.78, 5) is 15.1. The van der Waals surface area contributed by atoms with E-state index in [1.807, 2.05) is 6.92 Å². The molecule has 0 aliphatic carbocycles. The summed E-state index contributed by atoms with van der Waals surface area (Å²) in [6.07, 6.45) is 3.40. The van der Waals surface area contributed by atoms with Gasteiger partial charge in [-0.3, -0.25) is 0 Å². The van der Waals surface area contributed by atoms with Gasteiger partial charge in [-0.2, -0.15) is 0 Å². The zero-order valence-electron chi connectivity index (χ0n) is 16.6. The largest absolute Gasteiger partial charge is 0.242 e. The number of hydrogen-bond acceptors (Lipinski definition) is 7. The zero-order valence-corrected chi connectivity index (χ0v) is 18.2. The fourth-order valence-electron chi connectivity index (χ4n) is 4.15. The lowest BCUT2D eigenvalue weighted by Gasteiger charge is -2.30. The molecule has 8 nitrogen and oxygen atoms in total. The van der Waals surface area contributed by atoms with Gasteiger partial charge >= 0.3 is 0 Å². The van der Waals surface area contributed by atoms with E-state index in [4.69, 9.17) is 4.98 Å². The Morgan fingerprint density at radius 2 is 2.10 bits per heavy atom. The van der Waals surface area contributed by atoms with E-state index in [-0.39, 0.29) is 11.7 Å². The van der Waals surface area contributed by atoms with Crippen LogP contribution in [0.15, 0.2) is 12.4 Å². The van der Waals surface area contributed by atoms with Gasteiger partial charge in [0.2, 0.25) is 10.0 Å². The van der Waals surface area contributed by atoms with Gasteiger partial charge in [0.1, 0.15) is 15.9 Å². The SMILES string of the molecule is CCS(=O)(=O)N1CCC[C@@H](c2nc3c4sc5nc(C)cc(C)c5c4ncn3n2)C1. The third-order valence-corrected chi connectivity index (χ3v) is 8.53. The minimum atomic E-state index is -3.20. The molecule has 0 radical (unpaired) electrons. The Hall–Kier alpha value is -2.17. The number of fused-ring (bicyclic) bond motifs is 5. The quantitative estimate of drug-likeness (QED) is 0.496. The summed E-state index contributed by atoms with van der Waals surface area (Å²) in [6.45, 7) is 6.77. The van der Waals surface area contributed by atoms with Crippen molar-refractivity contribution in [1.29, 1.82) is 0 Å². The molecule has 1 aliphatic heterocycles. The first-order valence-corrected chi connectivity index (χ1v) is 12.2. The molecule has 1 aliphatic rings. The second-order valence-electron chi connectivity index (χ2n) is 7.62. The van der Waals surface area contributed by atoms with Crippen LogP contribution in [0.3, 0.4) is 0 Å². The number of sulfonamides is 1. The molecule has 4 aromatic heterocycles. The molecule has 1 fully saturated rings. The fraction of sp³-hybridized carbons (Fsp3) is 0.474. The molecule has 5 heterocycles. The molecule has 0 spiro atoms. The van der Waals surface area contributed by atoms with Gasteiger partial charge in [-0.1, -0.05) is 0 Å². The van der Waals surface area contributed by atoms with E-state index >= 15 is 0 Å². The molecule has 1 saturated heterocycles. The number of rotatable bonds is 3. The molecule has 0 N–H and O–H groups in total.